The summed E-state index contributed by atoms with van der Waals surface area (Å²) >= 11 is 0. The maximum atomic E-state index is 12.7. The number of methoxy groups -OCH3 is 1. The Labute approximate surface area is 160 Å². The van der Waals surface area contributed by atoms with Gasteiger partial charge in [-0.1, -0.05) is 18.2 Å². The van der Waals surface area contributed by atoms with Gasteiger partial charge >= 0.3 is 5.97 Å². The van der Waals surface area contributed by atoms with Gasteiger partial charge in [0.25, 0.3) is 0 Å². The quantitative estimate of drug-likeness (QED) is 0.452. The molecular formula is C18H22N2O8. The SMILES string of the molecule is COC(=O)C1(OC2O[C@H](CO)[C@@H](O)[C@H](O)[C@H]2NC(C)=O)C=Nc2ccccc21. The molecule has 0 aromatic heterocycles. The minimum absolute atomic E-state index is 0.396. The zero-order chi connectivity index (χ0) is 20.5. The van der Waals surface area contributed by atoms with E-state index in [1.807, 2.05) is 0 Å². The van der Waals surface area contributed by atoms with Gasteiger partial charge in [-0.15, -0.1) is 0 Å². The number of carbonyl (C=O) groups is 2. The van der Waals surface area contributed by atoms with Crippen LogP contribution in [-0.2, 0) is 29.4 Å². The van der Waals surface area contributed by atoms with Crippen LogP contribution in [0.15, 0.2) is 29.3 Å². The number of aliphatic hydroxyl groups excluding tert-OH is 3. The number of ether oxygens (including phenoxy) is 3. The number of aliphatic hydroxyl groups is 3. The second kappa shape index (κ2) is 7.94. The highest BCUT2D eigenvalue weighted by atomic mass is 16.7. The molecule has 1 aromatic carbocycles. The van der Waals surface area contributed by atoms with Crippen molar-refractivity contribution in [3.63, 3.8) is 0 Å². The lowest BCUT2D eigenvalue weighted by Gasteiger charge is -2.44. The second-order valence-electron chi connectivity index (χ2n) is 6.55. The molecule has 0 saturated carbocycles. The average molecular weight is 394 g/mol. The topological polar surface area (TPSA) is 147 Å². The van der Waals surface area contributed by atoms with Crippen LogP contribution in [0, 0.1) is 0 Å². The van der Waals surface area contributed by atoms with Crippen LogP contribution in [0.2, 0.25) is 0 Å². The van der Waals surface area contributed by atoms with E-state index in [4.69, 9.17) is 14.2 Å². The van der Waals surface area contributed by atoms with Crippen LogP contribution >= 0.6 is 0 Å². The number of esters is 1. The summed E-state index contributed by atoms with van der Waals surface area (Å²) in [6, 6.07) is 5.53. The van der Waals surface area contributed by atoms with E-state index in [-0.39, 0.29) is 0 Å². The van der Waals surface area contributed by atoms with Gasteiger partial charge in [0.1, 0.15) is 24.4 Å². The maximum absolute atomic E-state index is 12.7. The fraction of sp³-hybridized carbons (Fsp3) is 0.500. The number of hydrogen-bond donors (Lipinski definition) is 4. The molecule has 2 aliphatic rings. The van der Waals surface area contributed by atoms with E-state index >= 15 is 0 Å². The Morgan fingerprint density at radius 3 is 2.64 bits per heavy atom. The van der Waals surface area contributed by atoms with Crippen molar-refractivity contribution in [2.75, 3.05) is 13.7 Å². The Balaban J connectivity index is 2.00. The molecule has 0 radical (unpaired) electrons. The molecule has 0 aliphatic carbocycles. The Morgan fingerprint density at radius 2 is 2.00 bits per heavy atom. The van der Waals surface area contributed by atoms with Crippen molar-refractivity contribution in [1.29, 1.82) is 0 Å². The van der Waals surface area contributed by atoms with Crippen molar-refractivity contribution in [1.82, 2.24) is 5.32 Å². The van der Waals surface area contributed by atoms with Crippen molar-refractivity contribution in [2.24, 2.45) is 4.99 Å². The molecule has 2 unspecified atom stereocenters. The predicted molar refractivity (Wildman–Crippen MR) is 94.7 cm³/mol. The molecule has 2 aliphatic heterocycles. The molecule has 3 rings (SSSR count). The number of carbonyl (C=O) groups excluding carboxylic acids is 2. The van der Waals surface area contributed by atoms with Gasteiger partial charge in [0.15, 0.2) is 6.29 Å². The average Bonchev–Trinajstić information content (AvgIpc) is 3.06. The number of amides is 1. The summed E-state index contributed by atoms with van der Waals surface area (Å²) in [5, 5.41) is 32.4. The lowest BCUT2D eigenvalue weighted by molar-refractivity contribution is -0.290. The van der Waals surface area contributed by atoms with Crippen LogP contribution in [0.5, 0.6) is 0 Å². The second-order valence-corrected chi connectivity index (χ2v) is 6.55. The molecule has 1 aromatic rings. The first kappa shape index (κ1) is 20.4. The normalized spacial score (nSPS) is 34.0. The molecule has 1 fully saturated rings. The van der Waals surface area contributed by atoms with Gasteiger partial charge in [-0.25, -0.2) is 4.79 Å². The number of benzene rings is 1. The van der Waals surface area contributed by atoms with Crippen LogP contribution in [0.1, 0.15) is 12.5 Å². The molecule has 4 N–H and O–H groups in total. The Kier molecular flexibility index (Phi) is 5.77. The van der Waals surface area contributed by atoms with E-state index in [9.17, 15) is 24.9 Å². The first-order valence-electron chi connectivity index (χ1n) is 8.64. The lowest BCUT2D eigenvalue weighted by atomic mass is 9.93. The summed E-state index contributed by atoms with van der Waals surface area (Å²) in [7, 11) is 1.18. The Hall–Kier alpha value is -2.37. The predicted octanol–water partition coefficient (Wildman–Crippen LogP) is -1.27. The fourth-order valence-electron chi connectivity index (χ4n) is 3.34. The fourth-order valence-corrected chi connectivity index (χ4v) is 3.34. The molecule has 1 saturated heterocycles. The largest absolute Gasteiger partial charge is 0.466 e. The van der Waals surface area contributed by atoms with Gasteiger partial charge in [0.2, 0.25) is 11.5 Å². The standard InChI is InChI=1S/C18H22N2O8/c1-9(22)20-13-15(24)14(23)12(7-21)27-16(13)28-18(17(25)26-2)8-19-11-6-4-3-5-10(11)18/h3-6,8,12-16,21,23-24H,7H2,1-2H3,(H,20,22)/t12-,13-,14-,15-,16?,18?/m1/s1. The minimum atomic E-state index is -1.78. The van der Waals surface area contributed by atoms with E-state index in [2.05, 4.69) is 10.3 Å². The number of nitrogens with one attached hydrogen (secondary N) is 1. The van der Waals surface area contributed by atoms with E-state index in [1.54, 1.807) is 24.3 Å². The van der Waals surface area contributed by atoms with Gasteiger partial charge in [0, 0.05) is 12.5 Å². The number of aliphatic imine (C=N–C) groups is 1. The maximum Gasteiger partial charge on any atom is 0.348 e. The van der Waals surface area contributed by atoms with Gasteiger partial charge in [0.05, 0.1) is 25.6 Å². The summed E-state index contributed by atoms with van der Waals surface area (Å²) in [5.41, 5.74) is -0.901. The number of para-hydroxylation sites is 1. The first-order valence-corrected chi connectivity index (χ1v) is 8.64. The van der Waals surface area contributed by atoms with Crippen molar-refractivity contribution >= 4 is 23.8 Å². The third-order valence-electron chi connectivity index (χ3n) is 4.73. The van der Waals surface area contributed by atoms with Gasteiger partial charge < -0.3 is 34.8 Å². The number of nitrogens with zero attached hydrogens (tertiary/aromatic N) is 1. The highest BCUT2D eigenvalue weighted by Crippen LogP contribution is 2.41. The molecule has 28 heavy (non-hydrogen) atoms. The first-order chi connectivity index (χ1) is 13.3. The number of hydrogen-bond acceptors (Lipinski definition) is 9. The summed E-state index contributed by atoms with van der Waals surface area (Å²) in [4.78, 5) is 28.4. The highest BCUT2D eigenvalue weighted by Gasteiger charge is 2.53. The van der Waals surface area contributed by atoms with E-state index in [0.29, 0.717) is 11.3 Å². The summed E-state index contributed by atoms with van der Waals surface area (Å²) in [5.74, 6) is -1.30. The molecule has 2 heterocycles. The summed E-state index contributed by atoms with van der Waals surface area (Å²) in [6.45, 7) is 0.609. The van der Waals surface area contributed by atoms with E-state index in [1.165, 1.54) is 20.2 Å². The molecule has 10 heteroatoms. The highest BCUT2D eigenvalue weighted by molar-refractivity contribution is 6.04. The molecule has 10 nitrogen and oxygen atoms in total. The van der Waals surface area contributed by atoms with Gasteiger partial charge in [-0.2, -0.15) is 0 Å². The Morgan fingerprint density at radius 1 is 1.29 bits per heavy atom. The monoisotopic (exact) mass is 394 g/mol. The number of fused-ring (bicyclic) bond motifs is 1. The van der Waals surface area contributed by atoms with Crippen LogP contribution in [-0.4, -0.2) is 77.8 Å². The van der Waals surface area contributed by atoms with Gasteiger partial charge in [-0.05, 0) is 6.07 Å². The lowest BCUT2D eigenvalue weighted by Crippen LogP contribution is -2.66. The molecular weight excluding hydrogens is 372 g/mol. The molecule has 1 amide bonds. The van der Waals surface area contributed by atoms with Crippen LogP contribution in [0.4, 0.5) is 5.69 Å². The molecule has 6 atom stereocenters. The smallest absolute Gasteiger partial charge is 0.348 e. The van der Waals surface area contributed by atoms with Crippen molar-refractivity contribution in [3.05, 3.63) is 29.8 Å². The summed E-state index contributed by atoms with van der Waals surface area (Å²) in [6.07, 6.45) is -4.31. The van der Waals surface area contributed by atoms with Crippen LogP contribution < -0.4 is 5.32 Å². The molecule has 0 spiro atoms. The van der Waals surface area contributed by atoms with Crippen LogP contribution in [0.3, 0.4) is 0 Å². The third kappa shape index (κ3) is 3.40. The number of rotatable bonds is 5. The van der Waals surface area contributed by atoms with E-state index < -0.39 is 54.7 Å². The Bertz CT molecular complexity index is 785. The zero-order valence-corrected chi connectivity index (χ0v) is 15.3. The van der Waals surface area contributed by atoms with Crippen LogP contribution in [0.25, 0.3) is 0 Å². The minimum Gasteiger partial charge on any atom is -0.466 e. The zero-order valence-electron chi connectivity index (χ0n) is 15.3. The van der Waals surface area contributed by atoms with Crippen molar-refractivity contribution in [2.45, 2.75) is 43.2 Å². The third-order valence-corrected chi connectivity index (χ3v) is 4.73. The van der Waals surface area contributed by atoms with Gasteiger partial charge in [-0.3, -0.25) is 9.79 Å². The summed E-state index contributed by atoms with van der Waals surface area (Å²) < 4.78 is 16.4. The molecule has 0 bridgehead atoms. The molecule has 152 valence electrons. The van der Waals surface area contributed by atoms with E-state index in [0.717, 1.165) is 0 Å². The van der Waals surface area contributed by atoms with Crippen molar-refractivity contribution < 1.29 is 39.1 Å². The van der Waals surface area contributed by atoms with Crippen molar-refractivity contribution in [3.8, 4) is 0 Å².